The highest BCUT2D eigenvalue weighted by Crippen LogP contribution is 2.39. The molecule has 2 amide bonds. The van der Waals surface area contributed by atoms with Crippen molar-refractivity contribution in [3.05, 3.63) is 105 Å². The van der Waals surface area contributed by atoms with Crippen molar-refractivity contribution in [3.8, 4) is 17.6 Å². The molecule has 3 aromatic carbocycles. The van der Waals surface area contributed by atoms with E-state index >= 15 is 0 Å². The number of ketones is 2. The minimum atomic E-state index is -0.643. The zero-order chi connectivity index (χ0) is 42.4. The summed E-state index contributed by atoms with van der Waals surface area (Å²) >= 11 is 10.8. The highest BCUT2D eigenvalue weighted by Gasteiger charge is 2.36. The number of thiol groups is 1. The Balaban J connectivity index is 1.00. The van der Waals surface area contributed by atoms with E-state index in [0.29, 0.717) is 55.4 Å². The molecule has 0 bridgehead atoms. The van der Waals surface area contributed by atoms with Crippen LogP contribution in [0.3, 0.4) is 0 Å². The van der Waals surface area contributed by atoms with Crippen molar-refractivity contribution < 1.29 is 28.7 Å². The van der Waals surface area contributed by atoms with E-state index < -0.39 is 11.5 Å². The zero-order valence-electron chi connectivity index (χ0n) is 33.6. The SMILES string of the molecule is CCC(=O)CCC(C(C)=O)N1Cc2cc(N3CC(NC(=O)COc4c(Cl)cc(C(C)(C)c5ccc(OCc6ccnc(NN(C)S)n6)cc5)cc4C#N)C3)ccc2C1=O. The molecule has 1 aromatic heterocycles. The highest BCUT2D eigenvalue weighted by atomic mass is 35.5. The van der Waals surface area contributed by atoms with Crippen LogP contribution >= 0.6 is 24.4 Å². The lowest BCUT2D eigenvalue weighted by Gasteiger charge is -2.41. The minimum absolute atomic E-state index is 0.0624. The molecule has 2 aliphatic heterocycles. The van der Waals surface area contributed by atoms with Crippen molar-refractivity contribution in [2.75, 3.05) is 37.1 Å². The largest absolute Gasteiger partial charge is 0.487 e. The molecule has 59 heavy (non-hydrogen) atoms. The maximum atomic E-state index is 13.2. The number of aromatic nitrogens is 2. The molecular weight excluding hydrogens is 792 g/mol. The van der Waals surface area contributed by atoms with Crippen LogP contribution in [0.1, 0.15) is 85.3 Å². The van der Waals surface area contributed by atoms with Gasteiger partial charge in [-0.05, 0) is 78.6 Å². The topological polar surface area (TPSA) is 170 Å². The maximum Gasteiger partial charge on any atom is 0.258 e. The summed E-state index contributed by atoms with van der Waals surface area (Å²) in [6.07, 6.45) is 2.61. The number of amides is 2. The van der Waals surface area contributed by atoms with Crippen LogP contribution in [0.2, 0.25) is 5.02 Å². The number of carbonyl (C=O) groups excluding carboxylic acids is 4. The number of carbonyl (C=O) groups is 4. The number of rotatable bonds is 18. The molecule has 3 heterocycles. The Kier molecular flexibility index (Phi) is 13.4. The van der Waals surface area contributed by atoms with Crippen molar-refractivity contribution in [1.29, 1.82) is 5.26 Å². The standard InChI is InChI=1S/C43H47ClN8O6S/c1-6-34(54)10-14-38(26(2)53)52-21-28-18-33(9-13-36(28)41(52)56)51-22-32(23-51)47-39(55)25-58-40-27(20-45)17-30(19-37(40)44)43(3,4)29-7-11-35(12-8-29)57-24-31-15-16-46-42(48-31)49-50(5)59/h7-9,11-13,15-19,32,38,59H,6,10,14,21-25H2,1-5H3,(H,47,55)(H,46,48,49). The van der Waals surface area contributed by atoms with Crippen LogP contribution in [0, 0.1) is 11.3 Å². The minimum Gasteiger partial charge on any atom is -0.487 e. The number of Topliss-reactive ketones (excluding diaryl/α,β-unsaturated/α-hetero) is 2. The Morgan fingerprint density at radius 1 is 1.08 bits per heavy atom. The van der Waals surface area contributed by atoms with Gasteiger partial charge in [-0.15, -0.1) is 0 Å². The summed E-state index contributed by atoms with van der Waals surface area (Å²) in [4.78, 5) is 62.7. The van der Waals surface area contributed by atoms with Crippen LogP contribution in [0.25, 0.3) is 0 Å². The van der Waals surface area contributed by atoms with Crippen molar-refractivity contribution in [1.82, 2.24) is 24.6 Å². The summed E-state index contributed by atoms with van der Waals surface area (Å²) in [6.45, 7) is 8.61. The van der Waals surface area contributed by atoms with E-state index in [9.17, 15) is 24.4 Å². The fourth-order valence-electron chi connectivity index (χ4n) is 7.17. The van der Waals surface area contributed by atoms with Crippen LogP contribution in [-0.2, 0) is 33.0 Å². The normalized spacial score (nSPS) is 14.3. The predicted octanol–water partition coefficient (Wildman–Crippen LogP) is 6.07. The Bertz CT molecular complexity index is 2280. The zero-order valence-corrected chi connectivity index (χ0v) is 35.3. The van der Waals surface area contributed by atoms with Gasteiger partial charge in [-0.2, -0.15) is 9.68 Å². The van der Waals surface area contributed by atoms with Crippen molar-refractivity contribution in [2.45, 2.75) is 77.6 Å². The molecule has 1 atom stereocenters. The second kappa shape index (κ2) is 18.5. The first kappa shape index (κ1) is 42.9. The molecule has 0 aliphatic carbocycles. The maximum absolute atomic E-state index is 13.2. The second-order valence-electron chi connectivity index (χ2n) is 15.2. The number of nitrogens with one attached hydrogen (secondary N) is 2. The lowest BCUT2D eigenvalue weighted by atomic mass is 9.77. The molecule has 16 heteroatoms. The van der Waals surface area contributed by atoms with E-state index in [1.165, 1.54) is 11.3 Å². The van der Waals surface area contributed by atoms with Crippen molar-refractivity contribution in [3.63, 3.8) is 0 Å². The first-order chi connectivity index (χ1) is 28.2. The highest BCUT2D eigenvalue weighted by molar-refractivity contribution is 7.77. The molecule has 14 nitrogen and oxygen atoms in total. The van der Waals surface area contributed by atoms with Gasteiger partial charge in [-0.3, -0.25) is 24.6 Å². The molecule has 0 radical (unpaired) electrons. The molecule has 0 spiro atoms. The van der Waals surface area contributed by atoms with Gasteiger partial charge in [0.1, 0.15) is 24.2 Å². The average molecular weight is 839 g/mol. The first-order valence-electron chi connectivity index (χ1n) is 19.3. The van der Waals surface area contributed by atoms with Crippen LogP contribution in [0.4, 0.5) is 11.6 Å². The Morgan fingerprint density at radius 3 is 2.51 bits per heavy atom. The van der Waals surface area contributed by atoms with Gasteiger partial charge in [-0.1, -0.05) is 57.3 Å². The van der Waals surface area contributed by atoms with E-state index in [4.69, 9.17) is 21.1 Å². The van der Waals surface area contributed by atoms with Gasteiger partial charge >= 0.3 is 0 Å². The summed E-state index contributed by atoms with van der Waals surface area (Å²) in [5, 5.41) is 13.3. The number of halogens is 1. The van der Waals surface area contributed by atoms with Gasteiger partial charge in [0.15, 0.2) is 18.1 Å². The number of fused-ring (bicyclic) bond motifs is 1. The lowest BCUT2D eigenvalue weighted by Crippen LogP contribution is -2.60. The lowest BCUT2D eigenvalue weighted by molar-refractivity contribution is -0.124. The summed E-state index contributed by atoms with van der Waals surface area (Å²) in [6, 6.07) is 19.9. The van der Waals surface area contributed by atoms with Gasteiger partial charge < -0.3 is 24.6 Å². The van der Waals surface area contributed by atoms with Gasteiger partial charge in [0, 0.05) is 62.4 Å². The van der Waals surface area contributed by atoms with Gasteiger partial charge in [0.2, 0.25) is 5.95 Å². The molecule has 4 aromatic rings. The summed E-state index contributed by atoms with van der Waals surface area (Å²) in [5.41, 5.74) is 7.28. The molecular formula is C43H47ClN8O6S. The third-order valence-corrected chi connectivity index (χ3v) is 11.0. The molecule has 1 saturated heterocycles. The molecule has 1 fully saturated rings. The van der Waals surface area contributed by atoms with Crippen LogP contribution in [0.15, 0.2) is 66.9 Å². The average Bonchev–Trinajstić information content (AvgIpc) is 3.51. The molecule has 2 aliphatic rings. The number of hydrogen-bond acceptors (Lipinski definition) is 13. The number of nitrogens with zero attached hydrogens (tertiary/aromatic N) is 6. The number of nitriles is 1. The molecule has 0 saturated carbocycles. The van der Waals surface area contributed by atoms with E-state index in [-0.39, 0.29) is 65.4 Å². The fraction of sp³-hybridized carbons (Fsp3) is 0.372. The summed E-state index contributed by atoms with van der Waals surface area (Å²) in [7, 11) is 1.72. The Hall–Kier alpha value is -5.69. The Labute approximate surface area is 354 Å². The number of benzene rings is 3. The number of ether oxygens (including phenoxy) is 2. The fourth-order valence-corrected chi connectivity index (χ4v) is 7.53. The van der Waals surface area contributed by atoms with Gasteiger partial charge in [-0.25, -0.2) is 9.97 Å². The van der Waals surface area contributed by atoms with Crippen molar-refractivity contribution in [2.24, 2.45) is 0 Å². The molecule has 1 unspecified atom stereocenters. The van der Waals surface area contributed by atoms with E-state index in [1.54, 1.807) is 49.3 Å². The van der Waals surface area contributed by atoms with Crippen LogP contribution in [-0.4, -0.2) is 81.5 Å². The number of hydrogen-bond donors (Lipinski definition) is 3. The molecule has 6 rings (SSSR count). The van der Waals surface area contributed by atoms with E-state index in [2.05, 4.69) is 44.5 Å². The monoisotopic (exact) mass is 838 g/mol. The summed E-state index contributed by atoms with van der Waals surface area (Å²) < 4.78 is 13.2. The van der Waals surface area contributed by atoms with Crippen LogP contribution in [0.5, 0.6) is 11.5 Å². The third kappa shape index (κ3) is 10.1. The number of anilines is 2. The predicted molar refractivity (Wildman–Crippen MR) is 226 cm³/mol. The molecule has 308 valence electrons. The van der Waals surface area contributed by atoms with E-state index in [1.807, 2.05) is 50.2 Å². The first-order valence-corrected chi connectivity index (χ1v) is 20.1. The number of hydrazine groups is 1. The van der Waals surface area contributed by atoms with Gasteiger partial charge in [0.05, 0.1) is 28.4 Å². The Morgan fingerprint density at radius 2 is 1.83 bits per heavy atom. The van der Waals surface area contributed by atoms with Crippen LogP contribution < -0.4 is 25.1 Å². The van der Waals surface area contributed by atoms with E-state index in [0.717, 1.165) is 22.4 Å². The third-order valence-electron chi connectivity index (χ3n) is 10.6. The second-order valence-corrected chi connectivity index (χ2v) is 16.2. The summed E-state index contributed by atoms with van der Waals surface area (Å²) in [5.74, 6) is 0.561. The quantitative estimate of drug-likeness (QED) is 0.0783. The van der Waals surface area contributed by atoms with Gasteiger partial charge in [0.25, 0.3) is 11.8 Å². The van der Waals surface area contributed by atoms with Crippen molar-refractivity contribution >= 4 is 59.4 Å². The smallest absolute Gasteiger partial charge is 0.258 e. The molecule has 2 N–H and O–H groups in total.